The number of H-pyrrole nitrogens is 2. The molecule has 2 amide bonds. The highest BCUT2D eigenvalue weighted by Crippen LogP contribution is 2.40. The van der Waals surface area contributed by atoms with Crippen molar-refractivity contribution in [2.24, 2.45) is 11.3 Å². The third-order valence-electron chi connectivity index (χ3n) is 6.52. The van der Waals surface area contributed by atoms with Crippen LogP contribution in [0.5, 0.6) is 0 Å². The molecule has 0 radical (unpaired) electrons. The number of rotatable bonds is 4. The van der Waals surface area contributed by atoms with Crippen LogP contribution in [0.4, 0.5) is 0 Å². The first-order valence-electron chi connectivity index (χ1n) is 10.2. The molecule has 3 aliphatic rings. The molecule has 28 heavy (non-hydrogen) atoms. The lowest BCUT2D eigenvalue weighted by Gasteiger charge is -2.48. The third kappa shape index (κ3) is 3.91. The Morgan fingerprint density at radius 1 is 1.14 bits per heavy atom. The van der Waals surface area contributed by atoms with Crippen molar-refractivity contribution in [3.63, 3.8) is 0 Å². The Hall–Kier alpha value is -2.38. The molecule has 2 aliphatic heterocycles. The summed E-state index contributed by atoms with van der Waals surface area (Å²) in [6.07, 6.45) is 5.76. The number of nitrogens with zero attached hydrogens (tertiary/aromatic N) is 2. The van der Waals surface area contributed by atoms with Gasteiger partial charge in [0.25, 0.3) is 5.56 Å². The molecule has 1 aliphatic carbocycles. The number of likely N-dealkylation sites (tertiary alicyclic amines) is 2. The molecule has 8 nitrogen and oxygen atoms in total. The number of hydrogen-bond donors (Lipinski definition) is 2. The van der Waals surface area contributed by atoms with Gasteiger partial charge < -0.3 is 14.8 Å². The van der Waals surface area contributed by atoms with Crippen molar-refractivity contribution >= 4 is 11.8 Å². The molecule has 152 valence electrons. The second-order valence-corrected chi connectivity index (χ2v) is 8.83. The molecular weight excluding hydrogens is 360 g/mol. The maximum Gasteiger partial charge on any atom is 0.325 e. The molecule has 1 spiro atoms. The molecule has 0 aromatic carbocycles. The largest absolute Gasteiger partial charge is 0.342 e. The maximum atomic E-state index is 12.9. The number of carbonyl (C=O) groups excluding carboxylic acids is 2. The van der Waals surface area contributed by atoms with Gasteiger partial charge in [-0.3, -0.25) is 19.4 Å². The van der Waals surface area contributed by atoms with Gasteiger partial charge in [-0.15, -0.1) is 0 Å². The molecule has 0 unspecified atom stereocenters. The average Bonchev–Trinajstić information content (AvgIpc) is 3.45. The van der Waals surface area contributed by atoms with Crippen LogP contribution < -0.4 is 11.2 Å². The van der Waals surface area contributed by atoms with E-state index in [-0.39, 0.29) is 23.7 Å². The zero-order valence-electron chi connectivity index (χ0n) is 16.4. The van der Waals surface area contributed by atoms with E-state index in [4.69, 9.17) is 0 Å². The summed E-state index contributed by atoms with van der Waals surface area (Å²) in [5, 5.41) is 0. The Kier molecular flexibility index (Phi) is 4.89. The van der Waals surface area contributed by atoms with Gasteiger partial charge in [-0.1, -0.05) is 0 Å². The van der Waals surface area contributed by atoms with Crippen LogP contribution in [0.3, 0.4) is 0 Å². The van der Waals surface area contributed by atoms with Crippen molar-refractivity contribution in [2.75, 3.05) is 26.2 Å². The normalized spacial score (nSPS) is 25.4. The molecule has 2 saturated heterocycles. The first-order valence-corrected chi connectivity index (χ1v) is 10.2. The number of hydrogen-bond acceptors (Lipinski definition) is 4. The van der Waals surface area contributed by atoms with Crippen molar-refractivity contribution in [2.45, 2.75) is 51.9 Å². The first kappa shape index (κ1) is 19.0. The quantitative estimate of drug-likeness (QED) is 0.786. The smallest absolute Gasteiger partial charge is 0.325 e. The minimum absolute atomic E-state index is 0.0151. The summed E-state index contributed by atoms with van der Waals surface area (Å²) in [6.45, 7) is 4.56. The third-order valence-corrected chi connectivity index (χ3v) is 6.52. The monoisotopic (exact) mass is 388 g/mol. The van der Waals surface area contributed by atoms with E-state index >= 15 is 0 Å². The van der Waals surface area contributed by atoms with Crippen LogP contribution in [-0.4, -0.2) is 57.8 Å². The fourth-order valence-electron chi connectivity index (χ4n) is 4.74. The van der Waals surface area contributed by atoms with Gasteiger partial charge in [0.2, 0.25) is 11.8 Å². The van der Waals surface area contributed by atoms with Crippen molar-refractivity contribution in [3.05, 3.63) is 32.1 Å². The van der Waals surface area contributed by atoms with Crippen LogP contribution in [-0.2, 0) is 16.0 Å². The summed E-state index contributed by atoms with van der Waals surface area (Å²) in [7, 11) is 0. The van der Waals surface area contributed by atoms with Crippen LogP contribution in [0.2, 0.25) is 0 Å². The van der Waals surface area contributed by atoms with Gasteiger partial charge in [0, 0.05) is 49.3 Å². The van der Waals surface area contributed by atoms with Gasteiger partial charge in [0.05, 0.1) is 6.42 Å². The molecule has 3 heterocycles. The van der Waals surface area contributed by atoms with E-state index in [2.05, 4.69) is 9.97 Å². The number of nitrogens with one attached hydrogen (secondary N) is 2. The van der Waals surface area contributed by atoms with E-state index in [1.54, 1.807) is 6.92 Å². The molecule has 0 bridgehead atoms. The minimum Gasteiger partial charge on any atom is -0.342 e. The highest BCUT2D eigenvalue weighted by Gasteiger charge is 2.43. The van der Waals surface area contributed by atoms with E-state index in [0.29, 0.717) is 36.7 Å². The van der Waals surface area contributed by atoms with Gasteiger partial charge in [-0.2, -0.15) is 0 Å². The SMILES string of the molecule is Cc1[nH]c(=O)[nH]c(=O)c1CC(=O)N1CCC[C@]2(CCC(=O)N(CC3CC3)C2)C1. The Labute approximate surface area is 163 Å². The zero-order chi connectivity index (χ0) is 19.9. The second-order valence-electron chi connectivity index (χ2n) is 8.83. The topological polar surface area (TPSA) is 106 Å². The predicted octanol–water partition coefficient (Wildman–Crippen LogP) is 0.555. The van der Waals surface area contributed by atoms with Gasteiger partial charge >= 0.3 is 5.69 Å². The summed E-state index contributed by atoms with van der Waals surface area (Å²) in [4.78, 5) is 57.3. The second kappa shape index (κ2) is 7.22. The molecule has 8 heteroatoms. The lowest BCUT2D eigenvalue weighted by molar-refractivity contribution is -0.143. The maximum absolute atomic E-state index is 12.9. The van der Waals surface area contributed by atoms with E-state index in [1.807, 2.05) is 9.80 Å². The molecule has 1 aromatic rings. The lowest BCUT2D eigenvalue weighted by Crippen LogP contribution is -2.55. The predicted molar refractivity (Wildman–Crippen MR) is 103 cm³/mol. The molecule has 2 N–H and O–H groups in total. The first-order chi connectivity index (χ1) is 13.3. The summed E-state index contributed by atoms with van der Waals surface area (Å²) >= 11 is 0. The van der Waals surface area contributed by atoms with Gasteiger partial charge in [0.15, 0.2) is 0 Å². The Morgan fingerprint density at radius 3 is 2.64 bits per heavy atom. The fraction of sp³-hybridized carbons (Fsp3) is 0.700. The van der Waals surface area contributed by atoms with E-state index in [0.717, 1.165) is 32.4 Å². The van der Waals surface area contributed by atoms with Crippen LogP contribution >= 0.6 is 0 Å². The highest BCUT2D eigenvalue weighted by molar-refractivity contribution is 5.79. The van der Waals surface area contributed by atoms with E-state index < -0.39 is 11.2 Å². The van der Waals surface area contributed by atoms with Gasteiger partial charge in [-0.25, -0.2) is 4.79 Å². The van der Waals surface area contributed by atoms with Crippen LogP contribution in [0.15, 0.2) is 9.59 Å². The van der Waals surface area contributed by atoms with Gasteiger partial charge in [0.1, 0.15) is 0 Å². The lowest BCUT2D eigenvalue weighted by atomic mass is 9.73. The summed E-state index contributed by atoms with van der Waals surface area (Å²) in [5.74, 6) is 0.817. The molecule has 3 fully saturated rings. The van der Waals surface area contributed by atoms with E-state index in [9.17, 15) is 19.2 Å². The average molecular weight is 388 g/mol. The molecule has 1 aromatic heterocycles. The van der Waals surface area contributed by atoms with Crippen molar-refractivity contribution in [3.8, 4) is 0 Å². The van der Waals surface area contributed by atoms with Crippen LogP contribution in [0.1, 0.15) is 49.8 Å². The molecule has 1 saturated carbocycles. The standard InChI is InChI=1S/C20H28N4O4/c1-13-15(18(27)22-19(28)21-13)9-17(26)23-8-2-6-20(11-23)7-5-16(25)24(12-20)10-14-3-4-14/h14H,2-12H2,1H3,(H2,21,22,27,28)/t20-/m0/s1. The molecular formula is C20H28N4O4. The summed E-state index contributed by atoms with van der Waals surface area (Å²) < 4.78 is 0. The number of amides is 2. The Bertz CT molecular complexity index is 900. The number of aryl methyl sites for hydroxylation is 1. The van der Waals surface area contributed by atoms with Crippen molar-refractivity contribution < 1.29 is 9.59 Å². The number of aromatic amines is 2. The molecule has 1 atom stereocenters. The number of aromatic nitrogens is 2. The van der Waals surface area contributed by atoms with Crippen molar-refractivity contribution in [1.82, 2.24) is 19.8 Å². The number of piperidine rings is 2. The number of carbonyl (C=O) groups is 2. The van der Waals surface area contributed by atoms with Crippen LogP contribution in [0, 0.1) is 18.3 Å². The van der Waals surface area contributed by atoms with Crippen molar-refractivity contribution in [1.29, 1.82) is 0 Å². The molecule has 4 rings (SSSR count). The highest BCUT2D eigenvalue weighted by atomic mass is 16.2. The fourth-order valence-corrected chi connectivity index (χ4v) is 4.74. The zero-order valence-corrected chi connectivity index (χ0v) is 16.4. The Balaban J connectivity index is 1.46. The summed E-state index contributed by atoms with van der Waals surface area (Å²) in [5.41, 5.74) is -0.326. The van der Waals surface area contributed by atoms with E-state index in [1.165, 1.54) is 12.8 Å². The van der Waals surface area contributed by atoms with Crippen LogP contribution in [0.25, 0.3) is 0 Å². The minimum atomic E-state index is -0.557. The summed E-state index contributed by atoms with van der Waals surface area (Å²) in [6, 6.07) is 0. The van der Waals surface area contributed by atoms with Gasteiger partial charge in [-0.05, 0) is 44.9 Å². The Morgan fingerprint density at radius 2 is 1.93 bits per heavy atom.